The summed E-state index contributed by atoms with van der Waals surface area (Å²) in [5, 5.41) is 7.03. The highest BCUT2D eigenvalue weighted by molar-refractivity contribution is 5.96. The van der Waals surface area contributed by atoms with E-state index in [0.29, 0.717) is 23.6 Å². The van der Waals surface area contributed by atoms with Crippen LogP contribution in [0.1, 0.15) is 72.6 Å². The average Bonchev–Trinajstić information content (AvgIpc) is 3.25. The van der Waals surface area contributed by atoms with Crippen molar-refractivity contribution in [1.29, 1.82) is 0 Å². The average molecular weight is 345 g/mol. The molecule has 2 aromatic heterocycles. The number of hydrogen-bond donors (Lipinski definition) is 1. The van der Waals surface area contributed by atoms with Crippen LogP contribution in [0.15, 0.2) is 27.3 Å². The van der Waals surface area contributed by atoms with Gasteiger partial charge in [-0.25, -0.2) is 0 Å². The third-order valence-corrected chi connectivity index (χ3v) is 4.80. The summed E-state index contributed by atoms with van der Waals surface area (Å²) in [5.74, 6) is 1.52. The molecule has 0 bridgehead atoms. The maximum atomic E-state index is 12.7. The number of amides is 1. The van der Waals surface area contributed by atoms with Crippen molar-refractivity contribution >= 4 is 5.91 Å². The first kappa shape index (κ1) is 17.7. The Hall–Kier alpha value is -2.08. The minimum Gasteiger partial charge on any atom is -0.468 e. The minimum atomic E-state index is -0.129. The summed E-state index contributed by atoms with van der Waals surface area (Å²) in [6, 6.07) is 3.94. The van der Waals surface area contributed by atoms with Crippen LogP contribution in [-0.4, -0.2) is 35.6 Å². The van der Waals surface area contributed by atoms with Crippen LogP contribution in [0.3, 0.4) is 0 Å². The van der Waals surface area contributed by atoms with E-state index in [2.05, 4.69) is 15.4 Å². The molecule has 0 spiro atoms. The van der Waals surface area contributed by atoms with Gasteiger partial charge >= 0.3 is 0 Å². The summed E-state index contributed by atoms with van der Waals surface area (Å²) in [6.07, 6.45) is 5.33. The van der Waals surface area contributed by atoms with Crippen molar-refractivity contribution in [3.05, 3.63) is 41.2 Å². The Morgan fingerprint density at radius 1 is 1.32 bits per heavy atom. The summed E-state index contributed by atoms with van der Waals surface area (Å²) < 4.78 is 11.0. The van der Waals surface area contributed by atoms with Crippen molar-refractivity contribution < 1.29 is 13.7 Å². The van der Waals surface area contributed by atoms with Gasteiger partial charge in [0.25, 0.3) is 5.91 Å². The van der Waals surface area contributed by atoms with E-state index in [0.717, 1.165) is 18.8 Å². The first-order valence-electron chi connectivity index (χ1n) is 9.09. The van der Waals surface area contributed by atoms with Crippen LogP contribution in [0.2, 0.25) is 0 Å². The van der Waals surface area contributed by atoms with Gasteiger partial charge in [0.15, 0.2) is 5.76 Å². The molecule has 1 aliphatic heterocycles. The Morgan fingerprint density at radius 2 is 2.08 bits per heavy atom. The number of likely N-dealkylation sites (tertiary alicyclic amines) is 1. The van der Waals surface area contributed by atoms with Crippen molar-refractivity contribution in [2.75, 3.05) is 19.6 Å². The molecule has 25 heavy (non-hydrogen) atoms. The zero-order valence-corrected chi connectivity index (χ0v) is 15.2. The third-order valence-electron chi connectivity index (χ3n) is 4.80. The lowest BCUT2D eigenvalue weighted by atomic mass is 10.0. The number of hydrogen-bond acceptors (Lipinski definition) is 5. The maximum Gasteiger partial charge on any atom is 0.256 e. The fourth-order valence-electron chi connectivity index (χ4n) is 3.46. The SMILES string of the molecule is Cc1noc(C(C)C)c1C(=O)NCC(c1ccco1)N1CCCCC1. The normalized spacial score (nSPS) is 17.0. The lowest BCUT2D eigenvalue weighted by Crippen LogP contribution is -2.40. The number of piperidine rings is 1. The smallest absolute Gasteiger partial charge is 0.256 e. The van der Waals surface area contributed by atoms with E-state index >= 15 is 0 Å². The van der Waals surface area contributed by atoms with E-state index in [-0.39, 0.29) is 17.9 Å². The number of aromatic nitrogens is 1. The quantitative estimate of drug-likeness (QED) is 0.865. The molecule has 6 heteroatoms. The second-order valence-corrected chi connectivity index (χ2v) is 7.00. The molecule has 0 saturated carbocycles. The molecular weight excluding hydrogens is 318 g/mol. The molecule has 1 aliphatic rings. The molecule has 1 unspecified atom stereocenters. The van der Waals surface area contributed by atoms with E-state index < -0.39 is 0 Å². The molecule has 2 aromatic rings. The van der Waals surface area contributed by atoms with E-state index in [4.69, 9.17) is 8.94 Å². The molecule has 1 saturated heterocycles. The van der Waals surface area contributed by atoms with Crippen LogP contribution >= 0.6 is 0 Å². The second kappa shape index (κ2) is 7.87. The first-order chi connectivity index (χ1) is 12.1. The monoisotopic (exact) mass is 345 g/mol. The molecular formula is C19H27N3O3. The molecule has 0 aromatic carbocycles. The van der Waals surface area contributed by atoms with Crippen molar-refractivity contribution in [3.63, 3.8) is 0 Å². The fourth-order valence-corrected chi connectivity index (χ4v) is 3.46. The van der Waals surface area contributed by atoms with Gasteiger partial charge < -0.3 is 14.3 Å². The van der Waals surface area contributed by atoms with Crippen LogP contribution in [0.25, 0.3) is 0 Å². The highest BCUT2D eigenvalue weighted by Crippen LogP contribution is 2.26. The zero-order valence-electron chi connectivity index (χ0n) is 15.2. The highest BCUT2D eigenvalue weighted by atomic mass is 16.5. The molecule has 0 aliphatic carbocycles. The Labute approximate surface area is 148 Å². The standard InChI is InChI=1S/C19H27N3O3/c1-13(2)18-17(14(3)21-25-18)19(23)20-12-15(16-8-7-11-24-16)22-9-5-4-6-10-22/h7-8,11,13,15H,4-6,9-10,12H2,1-3H3,(H,20,23). The van der Waals surface area contributed by atoms with Crippen molar-refractivity contribution in [2.45, 2.75) is 52.0 Å². The van der Waals surface area contributed by atoms with Gasteiger partial charge in [0, 0.05) is 12.5 Å². The Bertz CT molecular complexity index is 685. The Kier molecular flexibility index (Phi) is 5.58. The predicted molar refractivity (Wildman–Crippen MR) is 94.5 cm³/mol. The maximum absolute atomic E-state index is 12.7. The van der Waals surface area contributed by atoms with E-state index in [9.17, 15) is 4.79 Å². The second-order valence-electron chi connectivity index (χ2n) is 7.00. The van der Waals surface area contributed by atoms with Crippen molar-refractivity contribution in [3.8, 4) is 0 Å². The van der Waals surface area contributed by atoms with Gasteiger partial charge in [-0.2, -0.15) is 0 Å². The minimum absolute atomic E-state index is 0.0573. The Balaban J connectivity index is 1.73. The van der Waals surface area contributed by atoms with E-state index in [1.54, 1.807) is 13.2 Å². The van der Waals surface area contributed by atoms with Crippen LogP contribution in [0.5, 0.6) is 0 Å². The predicted octanol–water partition coefficient (Wildman–Crippen LogP) is 3.66. The molecule has 136 valence electrons. The van der Waals surface area contributed by atoms with Crippen LogP contribution in [0.4, 0.5) is 0 Å². The summed E-state index contributed by atoms with van der Waals surface area (Å²) in [5.41, 5.74) is 1.19. The molecule has 1 N–H and O–H groups in total. The Morgan fingerprint density at radius 3 is 2.72 bits per heavy atom. The molecule has 0 radical (unpaired) electrons. The largest absolute Gasteiger partial charge is 0.468 e. The highest BCUT2D eigenvalue weighted by Gasteiger charge is 2.27. The fraction of sp³-hybridized carbons (Fsp3) is 0.579. The lowest BCUT2D eigenvalue weighted by molar-refractivity contribution is 0.0911. The number of nitrogens with one attached hydrogen (secondary N) is 1. The zero-order chi connectivity index (χ0) is 17.8. The van der Waals surface area contributed by atoms with Crippen LogP contribution in [-0.2, 0) is 0 Å². The van der Waals surface area contributed by atoms with Gasteiger partial charge in [0.05, 0.1) is 18.0 Å². The molecule has 3 heterocycles. The molecule has 1 amide bonds. The molecule has 1 fully saturated rings. The van der Waals surface area contributed by atoms with Gasteiger partial charge in [0.2, 0.25) is 0 Å². The number of carbonyl (C=O) groups excluding carboxylic acids is 1. The van der Waals surface area contributed by atoms with Crippen molar-refractivity contribution in [1.82, 2.24) is 15.4 Å². The first-order valence-corrected chi connectivity index (χ1v) is 9.09. The van der Waals surface area contributed by atoms with Crippen molar-refractivity contribution in [2.24, 2.45) is 0 Å². The third kappa shape index (κ3) is 3.95. The van der Waals surface area contributed by atoms with Gasteiger partial charge in [-0.15, -0.1) is 0 Å². The van der Waals surface area contributed by atoms with Gasteiger partial charge in [-0.05, 0) is 45.0 Å². The van der Waals surface area contributed by atoms with E-state index in [1.165, 1.54) is 19.3 Å². The lowest BCUT2D eigenvalue weighted by Gasteiger charge is -2.33. The number of rotatable bonds is 6. The topological polar surface area (TPSA) is 71.5 Å². The number of aryl methyl sites for hydroxylation is 1. The summed E-state index contributed by atoms with van der Waals surface area (Å²) in [4.78, 5) is 15.1. The molecule has 3 rings (SSSR count). The molecule has 6 nitrogen and oxygen atoms in total. The number of furan rings is 1. The number of nitrogens with zero attached hydrogens (tertiary/aromatic N) is 2. The van der Waals surface area contributed by atoms with Crippen LogP contribution in [0, 0.1) is 6.92 Å². The summed E-state index contributed by atoms with van der Waals surface area (Å²) in [6.45, 7) is 8.37. The number of carbonyl (C=O) groups is 1. The van der Waals surface area contributed by atoms with Crippen LogP contribution < -0.4 is 5.32 Å². The summed E-state index contributed by atoms with van der Waals surface area (Å²) in [7, 11) is 0. The van der Waals surface area contributed by atoms with Gasteiger partial charge in [0.1, 0.15) is 11.3 Å². The summed E-state index contributed by atoms with van der Waals surface area (Å²) >= 11 is 0. The van der Waals surface area contributed by atoms with Gasteiger partial charge in [-0.1, -0.05) is 25.4 Å². The van der Waals surface area contributed by atoms with E-state index in [1.807, 2.05) is 26.0 Å². The molecule has 1 atom stereocenters. The van der Waals surface area contributed by atoms with Gasteiger partial charge in [-0.3, -0.25) is 9.69 Å².